The highest BCUT2D eigenvalue weighted by molar-refractivity contribution is 5.94. The summed E-state index contributed by atoms with van der Waals surface area (Å²) >= 11 is 0. The van der Waals surface area contributed by atoms with Crippen LogP contribution in [0.1, 0.15) is 30.3 Å². The quantitative estimate of drug-likeness (QED) is 0.907. The van der Waals surface area contributed by atoms with Gasteiger partial charge in [-0.05, 0) is 25.8 Å². The predicted molar refractivity (Wildman–Crippen MR) is 71.0 cm³/mol. The van der Waals surface area contributed by atoms with Crippen molar-refractivity contribution in [2.24, 2.45) is 0 Å². The summed E-state index contributed by atoms with van der Waals surface area (Å²) in [5.74, 6) is -0.866. The van der Waals surface area contributed by atoms with Gasteiger partial charge in [-0.3, -0.25) is 14.3 Å². The average molecular weight is 318 g/mol. The van der Waals surface area contributed by atoms with Gasteiger partial charge in [-0.25, -0.2) is 0 Å². The molecule has 1 atom stereocenters. The van der Waals surface area contributed by atoms with E-state index in [0.717, 1.165) is 19.0 Å². The highest BCUT2D eigenvalue weighted by atomic mass is 19.4. The van der Waals surface area contributed by atoms with Crippen LogP contribution in [0.3, 0.4) is 0 Å². The van der Waals surface area contributed by atoms with Crippen LogP contribution >= 0.6 is 0 Å². The number of carbonyl (C=O) groups excluding carboxylic acids is 2. The van der Waals surface area contributed by atoms with Gasteiger partial charge in [-0.1, -0.05) is 0 Å². The Balaban J connectivity index is 1.86. The standard InChI is InChI=1S/C13H17F3N4O2/c1-9-3-2-5-20(9)11(21)7-17-12(22)10-4-6-19(18-10)8-13(14,15)16/h4,6,9H,2-3,5,7-8H2,1H3,(H,17,22)/t9-/m1/s1. The van der Waals surface area contributed by atoms with Gasteiger partial charge >= 0.3 is 6.18 Å². The number of nitrogens with one attached hydrogen (secondary N) is 1. The average Bonchev–Trinajstić information content (AvgIpc) is 3.02. The summed E-state index contributed by atoms with van der Waals surface area (Å²) in [6, 6.07) is 1.33. The molecule has 0 radical (unpaired) electrons. The van der Waals surface area contributed by atoms with Gasteiger partial charge in [0.25, 0.3) is 5.91 Å². The summed E-state index contributed by atoms with van der Waals surface area (Å²) in [7, 11) is 0. The van der Waals surface area contributed by atoms with Crippen molar-refractivity contribution < 1.29 is 22.8 Å². The monoisotopic (exact) mass is 318 g/mol. The Bertz CT molecular complexity index is 556. The molecular weight excluding hydrogens is 301 g/mol. The first-order chi connectivity index (χ1) is 10.3. The molecule has 0 aliphatic carbocycles. The molecule has 0 unspecified atom stereocenters. The van der Waals surface area contributed by atoms with E-state index in [4.69, 9.17) is 0 Å². The highest BCUT2D eigenvalue weighted by Crippen LogP contribution is 2.17. The first-order valence-electron chi connectivity index (χ1n) is 6.94. The zero-order chi connectivity index (χ0) is 16.3. The molecule has 2 rings (SSSR count). The van der Waals surface area contributed by atoms with Crippen molar-refractivity contribution >= 4 is 11.8 Å². The van der Waals surface area contributed by atoms with Crippen LogP contribution in [0.15, 0.2) is 12.3 Å². The smallest absolute Gasteiger partial charge is 0.342 e. The molecule has 6 nitrogen and oxygen atoms in total. The lowest BCUT2D eigenvalue weighted by atomic mass is 10.2. The molecule has 1 aliphatic heterocycles. The van der Waals surface area contributed by atoms with Crippen molar-refractivity contribution in [3.05, 3.63) is 18.0 Å². The molecule has 0 bridgehead atoms. The predicted octanol–water partition coefficient (Wildman–Crippen LogP) is 1.19. The summed E-state index contributed by atoms with van der Waals surface area (Å²) < 4.78 is 37.2. The molecule has 1 aromatic rings. The number of amides is 2. The number of alkyl halides is 3. The summed E-state index contributed by atoms with van der Waals surface area (Å²) in [5.41, 5.74) is -0.147. The molecule has 1 aromatic heterocycles. The van der Waals surface area contributed by atoms with Crippen LogP contribution in [0.25, 0.3) is 0 Å². The molecule has 1 N–H and O–H groups in total. The summed E-state index contributed by atoms with van der Waals surface area (Å²) in [6.45, 7) is 1.15. The minimum Gasteiger partial charge on any atom is -0.342 e. The van der Waals surface area contributed by atoms with Gasteiger partial charge in [0.05, 0.1) is 6.54 Å². The topological polar surface area (TPSA) is 67.2 Å². The third-order valence-electron chi connectivity index (χ3n) is 3.49. The molecule has 0 aromatic carbocycles. The van der Waals surface area contributed by atoms with Gasteiger partial charge in [0.2, 0.25) is 5.91 Å². The maximum absolute atomic E-state index is 12.2. The fraction of sp³-hybridized carbons (Fsp3) is 0.615. The van der Waals surface area contributed by atoms with Crippen LogP contribution < -0.4 is 5.32 Å². The normalized spacial score (nSPS) is 18.5. The van der Waals surface area contributed by atoms with Gasteiger partial charge in [-0.2, -0.15) is 18.3 Å². The number of carbonyl (C=O) groups is 2. The summed E-state index contributed by atoms with van der Waals surface area (Å²) in [4.78, 5) is 25.4. The Morgan fingerprint density at radius 3 is 2.77 bits per heavy atom. The zero-order valence-electron chi connectivity index (χ0n) is 12.1. The molecule has 2 amide bonds. The van der Waals surface area contributed by atoms with E-state index in [9.17, 15) is 22.8 Å². The molecule has 0 spiro atoms. The summed E-state index contributed by atoms with van der Waals surface area (Å²) in [5, 5.41) is 5.93. The zero-order valence-corrected chi connectivity index (χ0v) is 12.1. The number of hydrogen-bond acceptors (Lipinski definition) is 3. The SMILES string of the molecule is C[C@@H]1CCCN1C(=O)CNC(=O)c1ccn(CC(F)(F)F)n1. The second-order valence-corrected chi connectivity index (χ2v) is 5.27. The Morgan fingerprint density at radius 2 is 2.18 bits per heavy atom. The van der Waals surface area contributed by atoms with Crippen LogP contribution in [0.2, 0.25) is 0 Å². The fourth-order valence-corrected chi connectivity index (χ4v) is 2.41. The molecule has 1 aliphatic rings. The lowest BCUT2D eigenvalue weighted by Gasteiger charge is -2.21. The Kier molecular flexibility index (Phi) is 4.72. The van der Waals surface area contributed by atoms with Crippen LogP contribution in [-0.4, -0.2) is 51.8 Å². The molecule has 0 saturated carbocycles. The summed E-state index contributed by atoms with van der Waals surface area (Å²) in [6.07, 6.45) is -1.46. The first kappa shape index (κ1) is 16.3. The highest BCUT2D eigenvalue weighted by Gasteiger charge is 2.29. The van der Waals surface area contributed by atoms with Gasteiger partial charge < -0.3 is 10.2 Å². The molecule has 122 valence electrons. The van der Waals surface area contributed by atoms with Crippen molar-refractivity contribution in [3.63, 3.8) is 0 Å². The Labute approximate surface area is 125 Å². The third kappa shape index (κ3) is 4.22. The number of likely N-dealkylation sites (tertiary alicyclic amines) is 1. The van der Waals surface area contributed by atoms with E-state index in [1.165, 1.54) is 6.07 Å². The second-order valence-electron chi connectivity index (χ2n) is 5.27. The Morgan fingerprint density at radius 1 is 1.45 bits per heavy atom. The number of nitrogens with zero attached hydrogens (tertiary/aromatic N) is 3. The third-order valence-corrected chi connectivity index (χ3v) is 3.49. The molecule has 1 saturated heterocycles. The molecule has 9 heteroatoms. The van der Waals surface area contributed by atoms with Crippen molar-refractivity contribution in [1.82, 2.24) is 20.0 Å². The molecule has 22 heavy (non-hydrogen) atoms. The van der Waals surface area contributed by atoms with Crippen molar-refractivity contribution in [2.75, 3.05) is 13.1 Å². The van der Waals surface area contributed by atoms with Crippen molar-refractivity contribution in [1.29, 1.82) is 0 Å². The van der Waals surface area contributed by atoms with Crippen LogP contribution in [0.4, 0.5) is 13.2 Å². The van der Waals surface area contributed by atoms with Crippen LogP contribution in [0, 0.1) is 0 Å². The van der Waals surface area contributed by atoms with E-state index in [1.807, 2.05) is 6.92 Å². The number of hydrogen-bond donors (Lipinski definition) is 1. The van der Waals surface area contributed by atoms with E-state index in [2.05, 4.69) is 10.4 Å². The number of rotatable bonds is 4. The molecular formula is C13H17F3N4O2. The Hall–Kier alpha value is -2.06. The van der Waals surface area contributed by atoms with Crippen molar-refractivity contribution in [2.45, 2.75) is 38.5 Å². The van der Waals surface area contributed by atoms with E-state index < -0.39 is 18.6 Å². The molecule has 1 fully saturated rings. The van der Waals surface area contributed by atoms with E-state index in [-0.39, 0.29) is 24.2 Å². The van der Waals surface area contributed by atoms with Crippen molar-refractivity contribution in [3.8, 4) is 0 Å². The minimum atomic E-state index is -4.40. The lowest BCUT2D eigenvalue weighted by molar-refractivity contribution is -0.142. The minimum absolute atomic E-state index is 0.147. The first-order valence-corrected chi connectivity index (χ1v) is 6.94. The second kappa shape index (κ2) is 6.37. The van der Waals surface area contributed by atoms with Gasteiger partial charge in [0.1, 0.15) is 12.2 Å². The number of halogens is 3. The maximum Gasteiger partial charge on any atom is 0.408 e. The maximum atomic E-state index is 12.2. The van der Waals surface area contributed by atoms with Gasteiger partial charge in [-0.15, -0.1) is 0 Å². The van der Waals surface area contributed by atoms with E-state index >= 15 is 0 Å². The lowest BCUT2D eigenvalue weighted by Crippen LogP contribution is -2.41. The van der Waals surface area contributed by atoms with E-state index in [0.29, 0.717) is 11.2 Å². The number of aromatic nitrogens is 2. The van der Waals surface area contributed by atoms with Gasteiger partial charge in [0.15, 0.2) is 0 Å². The largest absolute Gasteiger partial charge is 0.408 e. The van der Waals surface area contributed by atoms with Crippen LogP contribution in [-0.2, 0) is 11.3 Å². The van der Waals surface area contributed by atoms with Crippen LogP contribution in [0.5, 0.6) is 0 Å². The van der Waals surface area contributed by atoms with E-state index in [1.54, 1.807) is 4.90 Å². The van der Waals surface area contributed by atoms with Gasteiger partial charge in [0, 0.05) is 18.8 Å². The molecule has 2 heterocycles. The fourth-order valence-electron chi connectivity index (χ4n) is 2.41.